The van der Waals surface area contributed by atoms with E-state index in [1.54, 1.807) is 0 Å². The Bertz CT molecular complexity index is 322. The normalized spacial score (nSPS) is 12.7. The van der Waals surface area contributed by atoms with Crippen molar-refractivity contribution in [2.75, 3.05) is 6.54 Å². The third-order valence-electron chi connectivity index (χ3n) is 2.59. The Kier molecular flexibility index (Phi) is 4.99. The van der Waals surface area contributed by atoms with Crippen molar-refractivity contribution in [1.82, 2.24) is 5.32 Å². The molecule has 0 saturated carbocycles. The van der Waals surface area contributed by atoms with E-state index in [-0.39, 0.29) is 17.9 Å². The predicted molar refractivity (Wildman–Crippen MR) is 66.0 cm³/mol. The van der Waals surface area contributed by atoms with Crippen molar-refractivity contribution in [1.29, 1.82) is 0 Å². The van der Waals surface area contributed by atoms with Crippen LogP contribution in [0.4, 0.5) is 0 Å². The second kappa shape index (κ2) is 6.28. The number of benzene rings is 1. The minimum atomic E-state index is -0.275. The Morgan fingerprint density at radius 1 is 1.31 bits per heavy atom. The van der Waals surface area contributed by atoms with E-state index in [4.69, 9.17) is 5.73 Å². The molecule has 88 valence electrons. The highest BCUT2D eigenvalue weighted by molar-refractivity contribution is 5.80. The zero-order chi connectivity index (χ0) is 12.0. The van der Waals surface area contributed by atoms with Crippen molar-refractivity contribution in [3.8, 4) is 0 Å². The van der Waals surface area contributed by atoms with E-state index in [1.807, 2.05) is 32.0 Å². The van der Waals surface area contributed by atoms with E-state index in [1.165, 1.54) is 5.56 Å². The molecule has 0 bridgehead atoms. The molecule has 3 heteroatoms. The number of nitrogens with two attached hydrogens (primary N) is 1. The van der Waals surface area contributed by atoms with Gasteiger partial charge in [-0.15, -0.1) is 0 Å². The molecule has 1 amide bonds. The van der Waals surface area contributed by atoms with Gasteiger partial charge in [0.25, 0.3) is 0 Å². The second-order valence-electron chi connectivity index (χ2n) is 4.31. The number of hydrogen-bond donors (Lipinski definition) is 2. The molecule has 1 aromatic carbocycles. The topological polar surface area (TPSA) is 55.1 Å². The van der Waals surface area contributed by atoms with Gasteiger partial charge in [-0.3, -0.25) is 4.79 Å². The van der Waals surface area contributed by atoms with Gasteiger partial charge in [0, 0.05) is 0 Å². The summed E-state index contributed by atoms with van der Waals surface area (Å²) in [6.07, 6.45) is 0.914. The van der Waals surface area contributed by atoms with Gasteiger partial charge >= 0.3 is 0 Å². The van der Waals surface area contributed by atoms with Crippen LogP contribution in [0.1, 0.15) is 19.4 Å². The summed E-state index contributed by atoms with van der Waals surface area (Å²) in [6, 6.07) is 9.96. The van der Waals surface area contributed by atoms with Crippen LogP contribution in [0.2, 0.25) is 0 Å². The number of primary amides is 1. The lowest BCUT2D eigenvalue weighted by Gasteiger charge is -2.18. The summed E-state index contributed by atoms with van der Waals surface area (Å²) < 4.78 is 0. The van der Waals surface area contributed by atoms with Gasteiger partial charge < -0.3 is 11.1 Å². The number of carbonyl (C=O) groups is 1. The summed E-state index contributed by atoms with van der Waals surface area (Å²) in [5, 5.41) is 3.19. The smallest absolute Gasteiger partial charge is 0.234 e. The van der Waals surface area contributed by atoms with E-state index < -0.39 is 0 Å². The van der Waals surface area contributed by atoms with Gasteiger partial charge in [-0.2, -0.15) is 0 Å². The van der Waals surface area contributed by atoms with Crippen molar-refractivity contribution in [2.45, 2.75) is 26.3 Å². The Morgan fingerprint density at radius 3 is 2.44 bits per heavy atom. The highest BCUT2D eigenvalue weighted by atomic mass is 16.1. The standard InChI is InChI=1S/C13H20N2O/c1-10(2)12(13(14)16)15-9-8-11-6-4-3-5-7-11/h3-7,10,12,15H,8-9H2,1-2H3,(H2,14,16). The summed E-state index contributed by atoms with van der Waals surface area (Å²) in [5.41, 5.74) is 6.58. The first-order chi connectivity index (χ1) is 7.61. The van der Waals surface area contributed by atoms with Crippen LogP contribution >= 0.6 is 0 Å². The molecule has 3 N–H and O–H groups in total. The first-order valence-corrected chi connectivity index (χ1v) is 5.68. The van der Waals surface area contributed by atoms with Crippen LogP contribution < -0.4 is 11.1 Å². The maximum absolute atomic E-state index is 11.1. The van der Waals surface area contributed by atoms with E-state index in [0.717, 1.165) is 13.0 Å². The SMILES string of the molecule is CC(C)C(NCCc1ccccc1)C(N)=O. The highest BCUT2D eigenvalue weighted by Crippen LogP contribution is 2.02. The molecule has 3 nitrogen and oxygen atoms in total. The summed E-state index contributed by atoms with van der Waals surface area (Å²) in [5.74, 6) is -0.0451. The van der Waals surface area contributed by atoms with Crippen LogP contribution in [0.25, 0.3) is 0 Å². The lowest BCUT2D eigenvalue weighted by atomic mass is 10.0. The molecule has 0 radical (unpaired) electrons. The van der Waals surface area contributed by atoms with Gasteiger partial charge in [-0.1, -0.05) is 44.2 Å². The fourth-order valence-electron chi connectivity index (χ4n) is 1.68. The molecular weight excluding hydrogens is 200 g/mol. The Labute approximate surface area is 97.0 Å². The third kappa shape index (κ3) is 4.03. The monoisotopic (exact) mass is 220 g/mol. The molecule has 1 aromatic rings. The number of nitrogens with one attached hydrogen (secondary N) is 1. The molecule has 0 saturated heterocycles. The molecule has 16 heavy (non-hydrogen) atoms. The largest absolute Gasteiger partial charge is 0.368 e. The number of rotatable bonds is 6. The number of amides is 1. The molecule has 1 rings (SSSR count). The Balaban J connectivity index is 2.37. The maximum atomic E-state index is 11.1. The van der Waals surface area contributed by atoms with Gasteiger partial charge in [0.1, 0.15) is 0 Å². The summed E-state index contributed by atoms with van der Waals surface area (Å²) in [7, 11) is 0. The lowest BCUT2D eigenvalue weighted by molar-refractivity contribution is -0.120. The van der Waals surface area contributed by atoms with Crippen molar-refractivity contribution in [3.05, 3.63) is 35.9 Å². The van der Waals surface area contributed by atoms with Gasteiger partial charge in [0.15, 0.2) is 0 Å². The fraction of sp³-hybridized carbons (Fsp3) is 0.462. The molecule has 0 heterocycles. The average Bonchev–Trinajstić information content (AvgIpc) is 2.24. The van der Waals surface area contributed by atoms with Gasteiger partial charge in [-0.25, -0.2) is 0 Å². The zero-order valence-electron chi connectivity index (χ0n) is 9.94. The minimum absolute atomic E-state index is 0.230. The average molecular weight is 220 g/mol. The van der Waals surface area contributed by atoms with E-state index >= 15 is 0 Å². The maximum Gasteiger partial charge on any atom is 0.234 e. The van der Waals surface area contributed by atoms with Crippen molar-refractivity contribution in [3.63, 3.8) is 0 Å². The minimum Gasteiger partial charge on any atom is -0.368 e. The Hall–Kier alpha value is -1.35. The predicted octanol–water partition coefficient (Wildman–Crippen LogP) is 1.33. The van der Waals surface area contributed by atoms with Crippen LogP contribution in [0.15, 0.2) is 30.3 Å². The first kappa shape index (κ1) is 12.7. The van der Waals surface area contributed by atoms with E-state index in [9.17, 15) is 4.79 Å². The number of carbonyl (C=O) groups excluding carboxylic acids is 1. The second-order valence-corrected chi connectivity index (χ2v) is 4.31. The van der Waals surface area contributed by atoms with Crippen LogP contribution in [-0.2, 0) is 11.2 Å². The molecule has 0 aliphatic rings. The fourth-order valence-corrected chi connectivity index (χ4v) is 1.68. The summed E-state index contributed by atoms with van der Waals surface area (Å²) in [6.45, 7) is 4.76. The molecule has 0 aliphatic heterocycles. The molecule has 0 aromatic heterocycles. The molecule has 1 unspecified atom stereocenters. The van der Waals surface area contributed by atoms with Gasteiger partial charge in [-0.05, 0) is 24.4 Å². The molecular formula is C13H20N2O. The summed E-state index contributed by atoms with van der Waals surface area (Å²) >= 11 is 0. The van der Waals surface area contributed by atoms with Crippen LogP contribution in [-0.4, -0.2) is 18.5 Å². The number of hydrogen-bond acceptors (Lipinski definition) is 2. The first-order valence-electron chi connectivity index (χ1n) is 5.68. The molecule has 0 aliphatic carbocycles. The van der Waals surface area contributed by atoms with Gasteiger partial charge in [0.05, 0.1) is 6.04 Å². The van der Waals surface area contributed by atoms with Gasteiger partial charge in [0.2, 0.25) is 5.91 Å². The molecule has 1 atom stereocenters. The van der Waals surface area contributed by atoms with E-state index in [2.05, 4.69) is 17.4 Å². The summed E-state index contributed by atoms with van der Waals surface area (Å²) in [4.78, 5) is 11.1. The highest BCUT2D eigenvalue weighted by Gasteiger charge is 2.17. The van der Waals surface area contributed by atoms with E-state index in [0.29, 0.717) is 0 Å². The third-order valence-corrected chi connectivity index (χ3v) is 2.59. The van der Waals surface area contributed by atoms with Crippen LogP contribution in [0.5, 0.6) is 0 Å². The zero-order valence-corrected chi connectivity index (χ0v) is 9.94. The molecule has 0 fully saturated rings. The Morgan fingerprint density at radius 2 is 1.94 bits per heavy atom. The van der Waals surface area contributed by atoms with Crippen molar-refractivity contribution >= 4 is 5.91 Å². The van der Waals surface area contributed by atoms with Crippen molar-refractivity contribution in [2.24, 2.45) is 11.7 Å². The van der Waals surface area contributed by atoms with Crippen LogP contribution in [0.3, 0.4) is 0 Å². The quantitative estimate of drug-likeness (QED) is 0.760. The molecule has 0 spiro atoms. The van der Waals surface area contributed by atoms with Crippen molar-refractivity contribution < 1.29 is 4.79 Å². The van der Waals surface area contributed by atoms with Crippen LogP contribution in [0, 0.1) is 5.92 Å². The lowest BCUT2D eigenvalue weighted by Crippen LogP contribution is -2.45.